The van der Waals surface area contributed by atoms with Gasteiger partial charge in [0.1, 0.15) is 6.54 Å². The smallest absolute Gasteiger partial charge is 0.325 e. The number of nitrogens with one attached hydrogen (secondary N) is 2. The molecule has 0 unspecified atom stereocenters. The molecule has 2 amide bonds. The van der Waals surface area contributed by atoms with Crippen LogP contribution in [0.15, 0.2) is 0 Å². The molecule has 0 aliphatic carbocycles. The number of nitrogens with zero attached hydrogens (tertiary/aromatic N) is 4. The van der Waals surface area contributed by atoms with Crippen molar-refractivity contribution >= 4 is 17.8 Å². The van der Waals surface area contributed by atoms with Crippen LogP contribution in [0.1, 0.15) is 103 Å². The van der Waals surface area contributed by atoms with Crippen LogP contribution in [0, 0.1) is 0 Å². The molecular formula is C25H46N6O6. The summed E-state index contributed by atoms with van der Waals surface area (Å²) in [6.07, 6.45) is 17.3. The number of carboxylic acids is 1. The molecule has 1 aromatic rings. The minimum Gasteiger partial charge on any atom is -0.480 e. The summed E-state index contributed by atoms with van der Waals surface area (Å²) in [4.78, 5) is 38.8. The molecule has 12 heteroatoms. The average molecular weight is 527 g/mol. The molecule has 1 heterocycles. The van der Waals surface area contributed by atoms with Crippen molar-refractivity contribution < 1.29 is 29.1 Å². The number of aromatic nitrogens is 4. The summed E-state index contributed by atoms with van der Waals surface area (Å²) in [5.41, 5.74) is 0. The first kappa shape index (κ1) is 32.4. The lowest BCUT2D eigenvalue weighted by Gasteiger charge is -2.17. The summed E-state index contributed by atoms with van der Waals surface area (Å²) in [7, 11) is 0. The molecule has 12 nitrogen and oxygen atoms in total. The summed E-state index contributed by atoms with van der Waals surface area (Å²) in [6, 6.07) is 0. The van der Waals surface area contributed by atoms with Crippen molar-refractivity contribution in [3.05, 3.63) is 5.82 Å². The first-order valence-electron chi connectivity index (χ1n) is 13.7. The highest BCUT2D eigenvalue weighted by Gasteiger charge is 2.13. The van der Waals surface area contributed by atoms with E-state index >= 15 is 0 Å². The summed E-state index contributed by atoms with van der Waals surface area (Å²) in [6.45, 7) is 1.71. The van der Waals surface area contributed by atoms with Crippen LogP contribution in [0.5, 0.6) is 0 Å². The maximum absolute atomic E-state index is 11.9. The zero-order valence-corrected chi connectivity index (χ0v) is 22.4. The Morgan fingerprint density at radius 3 is 2.00 bits per heavy atom. The Morgan fingerprint density at radius 1 is 0.865 bits per heavy atom. The molecule has 0 spiro atoms. The van der Waals surface area contributed by atoms with Gasteiger partial charge in [0.2, 0.25) is 11.8 Å². The minimum atomic E-state index is -1.15. The number of aryl methyl sites for hydroxylation is 1. The number of amides is 2. The van der Waals surface area contributed by atoms with Crippen molar-refractivity contribution in [2.24, 2.45) is 0 Å². The normalized spacial score (nSPS) is 10.9. The molecule has 0 aliphatic rings. The fourth-order valence-corrected chi connectivity index (χ4v) is 3.83. The SMILES string of the molecule is CC(=O)N(CC(=O)O)OCCOCCNC(=O)CCCCCCCCCCCCCCCc1nn[nH]n1. The summed E-state index contributed by atoms with van der Waals surface area (Å²) in [5, 5.41) is 26.3. The largest absolute Gasteiger partial charge is 0.480 e. The van der Waals surface area contributed by atoms with E-state index in [-0.39, 0.29) is 19.1 Å². The Balaban J connectivity index is 1.77. The van der Waals surface area contributed by atoms with E-state index in [9.17, 15) is 14.4 Å². The van der Waals surface area contributed by atoms with Gasteiger partial charge in [-0.3, -0.25) is 19.2 Å². The van der Waals surface area contributed by atoms with Crippen molar-refractivity contribution in [2.45, 2.75) is 103 Å². The predicted molar refractivity (Wildman–Crippen MR) is 137 cm³/mol. The molecule has 0 bridgehead atoms. The highest BCUT2D eigenvalue weighted by Crippen LogP contribution is 2.13. The third-order valence-corrected chi connectivity index (χ3v) is 5.87. The van der Waals surface area contributed by atoms with Crippen LogP contribution in [0.2, 0.25) is 0 Å². The average Bonchev–Trinajstić information content (AvgIpc) is 3.38. The van der Waals surface area contributed by atoms with Crippen molar-refractivity contribution in [2.75, 3.05) is 32.9 Å². The summed E-state index contributed by atoms with van der Waals surface area (Å²) in [5.74, 6) is -0.798. The second-order valence-corrected chi connectivity index (χ2v) is 9.17. The third kappa shape index (κ3) is 20.2. The molecular weight excluding hydrogens is 480 g/mol. The number of ether oxygens (including phenoxy) is 1. The van der Waals surface area contributed by atoms with Gasteiger partial charge in [0.05, 0.1) is 19.8 Å². The Morgan fingerprint density at radius 2 is 1.46 bits per heavy atom. The zero-order valence-electron chi connectivity index (χ0n) is 22.4. The lowest BCUT2D eigenvalue weighted by Crippen LogP contribution is -2.35. The van der Waals surface area contributed by atoms with Crippen LogP contribution in [0.25, 0.3) is 0 Å². The number of aromatic amines is 1. The van der Waals surface area contributed by atoms with Crippen molar-refractivity contribution in [3.63, 3.8) is 0 Å². The second-order valence-electron chi connectivity index (χ2n) is 9.17. The van der Waals surface area contributed by atoms with E-state index in [1.807, 2.05) is 0 Å². The van der Waals surface area contributed by atoms with Gasteiger partial charge >= 0.3 is 5.97 Å². The number of rotatable bonds is 25. The lowest BCUT2D eigenvalue weighted by molar-refractivity contribution is -0.194. The molecule has 0 saturated heterocycles. The number of unbranched alkanes of at least 4 members (excludes halogenated alkanes) is 12. The van der Waals surface area contributed by atoms with Crippen LogP contribution in [-0.2, 0) is 30.4 Å². The number of hydrogen-bond acceptors (Lipinski definition) is 8. The number of aliphatic carboxylic acids is 1. The predicted octanol–water partition coefficient (Wildman–Crippen LogP) is 3.20. The summed E-state index contributed by atoms with van der Waals surface area (Å²) < 4.78 is 5.33. The maximum Gasteiger partial charge on any atom is 0.325 e. The van der Waals surface area contributed by atoms with Crippen LogP contribution < -0.4 is 5.32 Å². The molecule has 0 aromatic carbocycles. The molecule has 3 N–H and O–H groups in total. The molecule has 0 aliphatic heterocycles. The van der Waals surface area contributed by atoms with Gasteiger partial charge in [-0.1, -0.05) is 75.8 Å². The van der Waals surface area contributed by atoms with Crippen LogP contribution in [0.3, 0.4) is 0 Å². The van der Waals surface area contributed by atoms with E-state index in [2.05, 4.69) is 25.9 Å². The molecule has 0 atom stereocenters. The van der Waals surface area contributed by atoms with Gasteiger partial charge in [-0.15, -0.1) is 10.2 Å². The van der Waals surface area contributed by atoms with Crippen LogP contribution in [-0.4, -0.2) is 81.5 Å². The zero-order chi connectivity index (χ0) is 27.0. The van der Waals surface area contributed by atoms with E-state index in [1.165, 1.54) is 71.1 Å². The second kappa shape index (κ2) is 22.6. The van der Waals surface area contributed by atoms with E-state index in [4.69, 9.17) is 14.7 Å². The van der Waals surface area contributed by atoms with Gasteiger partial charge in [-0.2, -0.15) is 5.21 Å². The standard InChI is InChI=1S/C25H46N6O6/c1-22(32)31(21-25(34)35)37-20-19-36-18-17-26-24(33)16-14-12-10-8-6-4-2-3-5-7-9-11-13-15-23-27-29-30-28-23/h2-21H2,1H3,(H,26,33)(H,34,35)(H,27,28,29,30). The van der Waals surface area contributed by atoms with Crippen molar-refractivity contribution in [1.29, 1.82) is 0 Å². The highest BCUT2D eigenvalue weighted by atomic mass is 16.7. The molecule has 0 saturated carbocycles. The number of carbonyl (C=O) groups excluding carboxylic acids is 2. The number of carboxylic acid groups (broad SMARTS) is 1. The van der Waals surface area contributed by atoms with Gasteiger partial charge in [0, 0.05) is 26.3 Å². The topological polar surface area (TPSA) is 160 Å². The highest BCUT2D eigenvalue weighted by molar-refractivity contribution is 5.78. The number of H-pyrrole nitrogens is 1. The minimum absolute atomic E-state index is 0.0267. The van der Waals surface area contributed by atoms with E-state index in [1.54, 1.807) is 0 Å². The van der Waals surface area contributed by atoms with Gasteiger partial charge in [-0.05, 0) is 12.8 Å². The Bertz CT molecular complexity index is 719. The van der Waals surface area contributed by atoms with Gasteiger partial charge in [-0.25, -0.2) is 5.06 Å². The molecule has 1 aromatic heterocycles. The molecule has 37 heavy (non-hydrogen) atoms. The van der Waals surface area contributed by atoms with E-state index in [0.29, 0.717) is 19.6 Å². The monoisotopic (exact) mass is 526 g/mol. The Hall–Kier alpha value is -2.60. The molecule has 0 radical (unpaired) electrons. The number of hydrogen-bond donors (Lipinski definition) is 3. The van der Waals surface area contributed by atoms with Gasteiger partial charge < -0.3 is 15.2 Å². The Labute approximate surface area is 220 Å². The van der Waals surface area contributed by atoms with Crippen LogP contribution in [0.4, 0.5) is 0 Å². The van der Waals surface area contributed by atoms with Gasteiger partial charge in [0.15, 0.2) is 5.82 Å². The Kier molecular flexibility index (Phi) is 19.8. The van der Waals surface area contributed by atoms with Crippen molar-refractivity contribution in [3.8, 4) is 0 Å². The quantitative estimate of drug-likeness (QED) is 0.128. The van der Waals surface area contributed by atoms with Gasteiger partial charge in [0.25, 0.3) is 0 Å². The first-order valence-corrected chi connectivity index (χ1v) is 13.7. The number of tetrazole rings is 1. The molecule has 0 fully saturated rings. The fraction of sp³-hybridized carbons (Fsp3) is 0.840. The van der Waals surface area contributed by atoms with Crippen molar-refractivity contribution in [1.82, 2.24) is 31.0 Å². The summed E-state index contributed by atoms with van der Waals surface area (Å²) >= 11 is 0. The third-order valence-electron chi connectivity index (χ3n) is 5.87. The molecule has 212 valence electrons. The lowest BCUT2D eigenvalue weighted by atomic mass is 10.0. The number of carbonyl (C=O) groups is 3. The van der Waals surface area contributed by atoms with E-state index < -0.39 is 18.4 Å². The van der Waals surface area contributed by atoms with E-state index in [0.717, 1.165) is 36.6 Å². The van der Waals surface area contributed by atoms with Crippen LogP contribution >= 0.6 is 0 Å². The fourth-order valence-electron chi connectivity index (χ4n) is 3.83. The number of hydroxylamine groups is 2. The molecule has 1 rings (SSSR count). The maximum atomic E-state index is 11.9. The first-order chi connectivity index (χ1) is 18.0.